The van der Waals surface area contributed by atoms with Crippen molar-refractivity contribution in [3.8, 4) is 22.6 Å². The zero-order valence-electron chi connectivity index (χ0n) is 18.5. The van der Waals surface area contributed by atoms with E-state index in [0.29, 0.717) is 30.5 Å². The van der Waals surface area contributed by atoms with Crippen LogP contribution in [0.25, 0.3) is 11.1 Å². The number of benzene rings is 2. The van der Waals surface area contributed by atoms with Gasteiger partial charge >= 0.3 is 0 Å². The number of aromatic hydroxyl groups is 2. The molecule has 1 saturated heterocycles. The van der Waals surface area contributed by atoms with E-state index in [1.807, 2.05) is 36.4 Å². The molecule has 1 fully saturated rings. The van der Waals surface area contributed by atoms with Gasteiger partial charge in [0.25, 0.3) is 0 Å². The fourth-order valence-corrected chi connectivity index (χ4v) is 4.20. The first-order valence-electron chi connectivity index (χ1n) is 11.0. The lowest BCUT2D eigenvalue weighted by molar-refractivity contribution is -0.117. The first-order chi connectivity index (χ1) is 15.4. The monoisotopic (exact) mass is 432 g/mol. The third kappa shape index (κ3) is 5.68. The van der Waals surface area contributed by atoms with Gasteiger partial charge in [-0.15, -0.1) is 13.2 Å². The molecule has 5 heteroatoms. The minimum Gasteiger partial charge on any atom is -0.507 e. The molecule has 1 amide bonds. The molecule has 0 aromatic heterocycles. The molecule has 1 heterocycles. The third-order valence-electron chi connectivity index (χ3n) is 5.87. The van der Waals surface area contributed by atoms with E-state index in [9.17, 15) is 15.0 Å². The van der Waals surface area contributed by atoms with Crippen LogP contribution in [0.15, 0.2) is 68.3 Å². The highest BCUT2D eigenvalue weighted by Crippen LogP contribution is 2.39. The van der Waals surface area contributed by atoms with Crippen molar-refractivity contribution in [3.05, 3.63) is 85.0 Å². The zero-order valence-corrected chi connectivity index (χ0v) is 18.5. The van der Waals surface area contributed by atoms with Crippen molar-refractivity contribution in [2.24, 2.45) is 0 Å². The molecule has 2 aromatic carbocycles. The van der Waals surface area contributed by atoms with Gasteiger partial charge in [-0.1, -0.05) is 30.9 Å². The highest BCUT2D eigenvalue weighted by Gasteiger charge is 2.22. The lowest BCUT2D eigenvalue weighted by Gasteiger charge is -2.32. The molecule has 5 nitrogen and oxygen atoms in total. The second-order valence-corrected chi connectivity index (χ2v) is 8.25. The molecule has 2 aromatic rings. The van der Waals surface area contributed by atoms with E-state index < -0.39 is 0 Å². The van der Waals surface area contributed by atoms with Crippen LogP contribution in [0.1, 0.15) is 29.5 Å². The summed E-state index contributed by atoms with van der Waals surface area (Å²) in [7, 11) is 0. The lowest BCUT2D eigenvalue weighted by atomic mass is 9.94. The number of phenolic OH excluding ortho intramolecular Hbond substituents is 2. The summed E-state index contributed by atoms with van der Waals surface area (Å²) in [4.78, 5) is 13.8. The number of likely N-dealkylation sites (tertiary alicyclic amines) is 1. The first-order valence-corrected chi connectivity index (χ1v) is 11.0. The van der Waals surface area contributed by atoms with Gasteiger partial charge in [-0.3, -0.25) is 9.69 Å². The number of hydrogen-bond donors (Lipinski definition) is 3. The molecule has 32 heavy (non-hydrogen) atoms. The molecule has 1 aliphatic rings. The van der Waals surface area contributed by atoms with Crippen molar-refractivity contribution in [1.29, 1.82) is 0 Å². The van der Waals surface area contributed by atoms with Crippen molar-refractivity contribution in [3.63, 3.8) is 0 Å². The molecule has 168 valence electrons. The lowest BCUT2D eigenvalue weighted by Crippen LogP contribution is -2.43. The van der Waals surface area contributed by atoms with Crippen molar-refractivity contribution >= 4 is 5.91 Å². The Morgan fingerprint density at radius 3 is 2.31 bits per heavy atom. The number of hydrogen-bond acceptors (Lipinski definition) is 4. The van der Waals surface area contributed by atoms with Crippen LogP contribution in [0.2, 0.25) is 0 Å². The Labute approximate surface area is 190 Å². The van der Waals surface area contributed by atoms with Gasteiger partial charge in [-0.25, -0.2) is 0 Å². The van der Waals surface area contributed by atoms with Crippen LogP contribution in [0.3, 0.4) is 0 Å². The Kier molecular flexibility index (Phi) is 7.90. The van der Waals surface area contributed by atoms with Crippen LogP contribution in [-0.4, -0.2) is 40.2 Å². The number of nitrogens with one attached hydrogen (secondary N) is 1. The number of carbonyl (C=O) groups is 1. The number of phenols is 2. The van der Waals surface area contributed by atoms with Gasteiger partial charge in [0.15, 0.2) is 0 Å². The van der Waals surface area contributed by atoms with Gasteiger partial charge in [0, 0.05) is 42.4 Å². The van der Waals surface area contributed by atoms with Crippen LogP contribution in [0.4, 0.5) is 0 Å². The molecule has 1 aliphatic heterocycles. The van der Waals surface area contributed by atoms with Crippen molar-refractivity contribution in [2.45, 2.75) is 38.3 Å². The van der Waals surface area contributed by atoms with Gasteiger partial charge in [-0.05, 0) is 61.1 Å². The maximum absolute atomic E-state index is 11.6. The summed E-state index contributed by atoms with van der Waals surface area (Å²) >= 11 is 0. The number of allylic oxidation sites excluding steroid dienone is 2. The van der Waals surface area contributed by atoms with E-state index in [1.165, 1.54) is 6.08 Å². The average molecular weight is 433 g/mol. The predicted molar refractivity (Wildman–Crippen MR) is 130 cm³/mol. The normalized spacial score (nSPS) is 14.6. The van der Waals surface area contributed by atoms with Gasteiger partial charge < -0.3 is 15.5 Å². The second-order valence-electron chi connectivity index (χ2n) is 8.25. The molecular weight excluding hydrogens is 400 g/mol. The molecule has 0 bridgehead atoms. The number of rotatable bonds is 9. The fourth-order valence-electron chi connectivity index (χ4n) is 4.20. The van der Waals surface area contributed by atoms with Crippen LogP contribution in [0.5, 0.6) is 11.5 Å². The second kappa shape index (κ2) is 10.8. The van der Waals surface area contributed by atoms with Gasteiger partial charge in [-0.2, -0.15) is 0 Å². The van der Waals surface area contributed by atoms with E-state index >= 15 is 0 Å². The Balaban J connectivity index is 1.86. The molecule has 0 radical (unpaired) electrons. The number of nitrogens with zero attached hydrogens (tertiary/aromatic N) is 1. The molecular formula is C27H32N2O3. The quantitative estimate of drug-likeness (QED) is 0.403. The van der Waals surface area contributed by atoms with E-state index in [1.54, 1.807) is 6.07 Å². The van der Waals surface area contributed by atoms with Crippen molar-refractivity contribution < 1.29 is 15.0 Å². The van der Waals surface area contributed by atoms with Crippen molar-refractivity contribution in [1.82, 2.24) is 10.2 Å². The van der Waals surface area contributed by atoms with Crippen LogP contribution in [0, 0.1) is 0 Å². The molecule has 0 aliphatic carbocycles. The Morgan fingerprint density at radius 2 is 1.66 bits per heavy atom. The van der Waals surface area contributed by atoms with E-state index in [4.69, 9.17) is 0 Å². The Morgan fingerprint density at radius 1 is 1.00 bits per heavy atom. The van der Waals surface area contributed by atoms with Gasteiger partial charge in [0.1, 0.15) is 11.5 Å². The molecule has 0 atom stereocenters. The minimum absolute atomic E-state index is 0.133. The maximum Gasteiger partial charge on any atom is 0.243 e. The number of amides is 1. The van der Waals surface area contributed by atoms with E-state index in [0.717, 1.165) is 42.6 Å². The maximum atomic E-state index is 11.6. The summed E-state index contributed by atoms with van der Waals surface area (Å²) in [5.41, 5.74) is 4.10. The molecule has 0 spiro atoms. The zero-order chi connectivity index (χ0) is 23.1. The van der Waals surface area contributed by atoms with Gasteiger partial charge in [0.2, 0.25) is 5.91 Å². The minimum atomic E-state index is -0.138. The first kappa shape index (κ1) is 23.4. The summed E-state index contributed by atoms with van der Waals surface area (Å²) in [6, 6.07) is 9.51. The highest BCUT2D eigenvalue weighted by molar-refractivity contribution is 5.87. The van der Waals surface area contributed by atoms with Gasteiger partial charge in [0.05, 0.1) is 0 Å². The molecule has 3 rings (SSSR count). The Hall–Kier alpha value is -3.31. The molecule has 0 saturated carbocycles. The van der Waals surface area contributed by atoms with Crippen LogP contribution < -0.4 is 5.32 Å². The van der Waals surface area contributed by atoms with E-state index in [2.05, 4.69) is 30.0 Å². The molecule has 0 unspecified atom stereocenters. The van der Waals surface area contributed by atoms with E-state index in [-0.39, 0.29) is 23.4 Å². The number of carbonyl (C=O) groups excluding carboxylic acids is 1. The van der Waals surface area contributed by atoms with Crippen LogP contribution >= 0.6 is 0 Å². The highest BCUT2D eigenvalue weighted by atomic mass is 16.3. The SMILES string of the molecule is C=CCc1ccc(O)c(-c2cc(CC=C)cc(CN3CCC(NC(=O)C=C)CC3)c2O)c1. The predicted octanol–water partition coefficient (Wildman–Crippen LogP) is 4.49. The fraction of sp³-hybridized carbons (Fsp3) is 0.296. The summed E-state index contributed by atoms with van der Waals surface area (Å²) < 4.78 is 0. The topological polar surface area (TPSA) is 72.8 Å². The smallest absolute Gasteiger partial charge is 0.243 e. The molecule has 3 N–H and O–H groups in total. The summed E-state index contributed by atoms with van der Waals surface area (Å²) in [6.07, 6.45) is 8.01. The average Bonchev–Trinajstić information content (AvgIpc) is 2.79. The largest absolute Gasteiger partial charge is 0.507 e. The standard InChI is InChI=1S/C27H32N2O3/c1-4-7-19-9-10-25(30)23(16-19)24-17-20(8-5-2)15-21(27(24)32)18-29-13-11-22(12-14-29)28-26(31)6-3/h4-6,9-10,15-17,22,30,32H,1-3,7-8,11-14,18H2,(H,28,31). The number of piperidine rings is 1. The Bertz CT molecular complexity index is 1000. The van der Waals surface area contributed by atoms with Crippen molar-refractivity contribution in [2.75, 3.05) is 13.1 Å². The summed E-state index contributed by atoms with van der Waals surface area (Å²) in [5.74, 6) is 0.181. The summed E-state index contributed by atoms with van der Waals surface area (Å²) in [5, 5.41) is 24.7. The summed E-state index contributed by atoms with van der Waals surface area (Å²) in [6.45, 7) is 13.4. The third-order valence-corrected chi connectivity index (χ3v) is 5.87. The van der Waals surface area contributed by atoms with Crippen LogP contribution in [-0.2, 0) is 24.2 Å².